The Morgan fingerprint density at radius 2 is 1.83 bits per heavy atom. The van der Waals surface area contributed by atoms with Crippen LogP contribution < -0.4 is 0 Å². The number of benzene rings is 2. The molecule has 2 aromatic rings. The van der Waals surface area contributed by atoms with Crippen molar-refractivity contribution < 1.29 is 23.7 Å². The number of aliphatic hydroxyl groups excluding tert-OH is 2. The highest BCUT2D eigenvalue weighted by molar-refractivity contribution is 7.98. The number of ether oxygens (including phenoxy) is 1. The van der Waals surface area contributed by atoms with E-state index >= 15 is 0 Å². The van der Waals surface area contributed by atoms with E-state index in [9.17, 15) is 19.0 Å². The quantitative estimate of drug-likeness (QED) is 0.595. The molecule has 1 fully saturated rings. The molecular formula is C22H27ClF2O3S. The van der Waals surface area contributed by atoms with Crippen LogP contribution in [-0.2, 0) is 11.2 Å². The van der Waals surface area contributed by atoms with Crippen LogP contribution in [0.5, 0.6) is 0 Å². The molecule has 2 aromatic carbocycles. The van der Waals surface area contributed by atoms with Crippen LogP contribution in [0.2, 0.25) is 5.02 Å². The molecule has 1 heterocycles. The smallest absolute Gasteiger partial charge is 0.172 e. The fraction of sp³-hybridized carbons (Fsp3) is 0.455. The zero-order valence-electron chi connectivity index (χ0n) is 16.8. The van der Waals surface area contributed by atoms with Gasteiger partial charge in [-0.3, -0.25) is 0 Å². The number of hydrogen-bond acceptors (Lipinski definition) is 4. The average molecular weight is 445 g/mol. The number of thioether (sulfide) groups is 1. The summed E-state index contributed by atoms with van der Waals surface area (Å²) in [6.45, 7) is 3.83. The second-order valence-corrected chi connectivity index (χ2v) is 7.89. The summed E-state index contributed by atoms with van der Waals surface area (Å²) in [6.07, 6.45) is 1.25. The Kier molecular flexibility index (Phi) is 9.37. The summed E-state index contributed by atoms with van der Waals surface area (Å²) < 4.78 is 34.2. The van der Waals surface area contributed by atoms with E-state index < -0.39 is 23.8 Å². The van der Waals surface area contributed by atoms with Crippen LogP contribution in [0.3, 0.4) is 0 Å². The zero-order valence-corrected chi connectivity index (χ0v) is 18.4. The van der Waals surface area contributed by atoms with Crippen molar-refractivity contribution in [2.24, 2.45) is 0 Å². The van der Waals surface area contributed by atoms with Gasteiger partial charge in [-0.1, -0.05) is 43.6 Å². The predicted molar refractivity (Wildman–Crippen MR) is 114 cm³/mol. The van der Waals surface area contributed by atoms with E-state index in [1.165, 1.54) is 0 Å². The SMILES string of the molecule is CC.CSc1ccc(Cc2cc([C@H]3CC(O)C[C@@H](CO)O3)ccc2Cl)c(F)c1F. The van der Waals surface area contributed by atoms with Gasteiger partial charge in [-0.05, 0) is 35.1 Å². The molecular weight excluding hydrogens is 418 g/mol. The molecule has 0 spiro atoms. The standard InChI is InChI=1S/C20H21ClF2O3S.C2H6/c1-27-18-5-3-12(19(22)20(18)23)7-13-6-11(2-4-16(13)21)17-9-14(25)8-15(10-24)26-17;1-2/h2-6,14-15,17,24-25H,7-10H2,1H3;1-2H3/t14?,15-,17+;/m0./s1. The van der Waals surface area contributed by atoms with E-state index in [2.05, 4.69) is 0 Å². The molecule has 3 nitrogen and oxygen atoms in total. The first-order valence-corrected chi connectivity index (χ1v) is 11.3. The Hall–Kier alpha value is -1.18. The summed E-state index contributed by atoms with van der Waals surface area (Å²) in [7, 11) is 0. The van der Waals surface area contributed by atoms with Gasteiger partial charge in [0.05, 0.1) is 24.9 Å². The van der Waals surface area contributed by atoms with Gasteiger partial charge >= 0.3 is 0 Å². The van der Waals surface area contributed by atoms with E-state index in [0.29, 0.717) is 23.4 Å². The van der Waals surface area contributed by atoms with Crippen LogP contribution in [0, 0.1) is 11.6 Å². The van der Waals surface area contributed by atoms with E-state index in [1.807, 2.05) is 13.8 Å². The fourth-order valence-corrected chi connectivity index (χ4v) is 3.98. The van der Waals surface area contributed by atoms with Crippen molar-refractivity contribution in [1.29, 1.82) is 0 Å². The summed E-state index contributed by atoms with van der Waals surface area (Å²) in [4.78, 5) is 0.260. The van der Waals surface area contributed by atoms with Gasteiger partial charge < -0.3 is 14.9 Å². The minimum Gasteiger partial charge on any atom is -0.394 e. The van der Waals surface area contributed by atoms with E-state index in [-0.39, 0.29) is 29.6 Å². The van der Waals surface area contributed by atoms with Gasteiger partial charge in [0.25, 0.3) is 0 Å². The molecule has 0 aromatic heterocycles. The zero-order chi connectivity index (χ0) is 21.6. The molecule has 160 valence electrons. The van der Waals surface area contributed by atoms with Crippen molar-refractivity contribution in [2.75, 3.05) is 12.9 Å². The van der Waals surface area contributed by atoms with Crippen LogP contribution >= 0.6 is 23.4 Å². The summed E-state index contributed by atoms with van der Waals surface area (Å²) in [5, 5.41) is 19.8. The Morgan fingerprint density at radius 1 is 1.10 bits per heavy atom. The molecule has 1 unspecified atom stereocenters. The lowest BCUT2D eigenvalue weighted by atomic mass is 9.94. The maximum Gasteiger partial charge on any atom is 0.172 e. The molecule has 0 aliphatic carbocycles. The van der Waals surface area contributed by atoms with Gasteiger partial charge in [0.15, 0.2) is 11.6 Å². The number of hydrogen-bond donors (Lipinski definition) is 2. The highest BCUT2D eigenvalue weighted by Gasteiger charge is 2.29. The fourth-order valence-electron chi connectivity index (χ4n) is 3.32. The van der Waals surface area contributed by atoms with E-state index in [0.717, 1.165) is 17.3 Å². The number of halogens is 3. The summed E-state index contributed by atoms with van der Waals surface area (Å²) in [5.74, 6) is -1.72. The highest BCUT2D eigenvalue weighted by atomic mass is 35.5. The predicted octanol–water partition coefficient (Wildman–Crippen LogP) is 5.53. The minimum atomic E-state index is -0.868. The third-order valence-electron chi connectivity index (χ3n) is 4.75. The molecule has 1 aliphatic rings. The number of rotatable bonds is 5. The minimum absolute atomic E-state index is 0.142. The first-order chi connectivity index (χ1) is 13.9. The van der Waals surface area contributed by atoms with Crippen LogP contribution in [0.15, 0.2) is 35.2 Å². The molecule has 0 bridgehead atoms. The van der Waals surface area contributed by atoms with Crippen molar-refractivity contribution >= 4 is 23.4 Å². The first kappa shape index (κ1) is 24.1. The Morgan fingerprint density at radius 3 is 2.48 bits per heavy atom. The lowest BCUT2D eigenvalue weighted by molar-refractivity contribution is -0.113. The molecule has 2 N–H and O–H groups in total. The third-order valence-corrected chi connectivity index (χ3v) is 5.87. The second-order valence-electron chi connectivity index (χ2n) is 6.64. The Balaban J connectivity index is 0.00000145. The topological polar surface area (TPSA) is 49.7 Å². The summed E-state index contributed by atoms with van der Waals surface area (Å²) in [5.41, 5.74) is 1.66. The van der Waals surface area contributed by atoms with Crippen LogP contribution in [0.4, 0.5) is 8.78 Å². The van der Waals surface area contributed by atoms with Crippen molar-refractivity contribution in [3.05, 3.63) is 63.7 Å². The van der Waals surface area contributed by atoms with Gasteiger partial charge in [-0.15, -0.1) is 11.8 Å². The van der Waals surface area contributed by atoms with Gasteiger partial charge in [0.1, 0.15) is 0 Å². The highest BCUT2D eigenvalue weighted by Crippen LogP contribution is 2.34. The van der Waals surface area contributed by atoms with Crippen molar-refractivity contribution in [2.45, 2.75) is 56.3 Å². The third kappa shape index (κ3) is 5.92. The molecule has 1 aliphatic heterocycles. The van der Waals surface area contributed by atoms with Gasteiger partial charge in [-0.2, -0.15) is 0 Å². The first-order valence-electron chi connectivity index (χ1n) is 9.66. The van der Waals surface area contributed by atoms with Crippen molar-refractivity contribution in [1.82, 2.24) is 0 Å². The lowest BCUT2D eigenvalue weighted by Gasteiger charge is -2.32. The van der Waals surface area contributed by atoms with Gasteiger partial charge in [0.2, 0.25) is 0 Å². The largest absolute Gasteiger partial charge is 0.394 e. The van der Waals surface area contributed by atoms with Crippen LogP contribution in [0.1, 0.15) is 49.5 Å². The van der Waals surface area contributed by atoms with E-state index in [1.54, 1.807) is 36.6 Å². The van der Waals surface area contributed by atoms with Crippen molar-refractivity contribution in [3.8, 4) is 0 Å². The summed E-state index contributed by atoms with van der Waals surface area (Å²) in [6, 6.07) is 8.39. The van der Waals surface area contributed by atoms with E-state index in [4.69, 9.17) is 16.3 Å². The van der Waals surface area contributed by atoms with Gasteiger partial charge in [-0.25, -0.2) is 8.78 Å². The summed E-state index contributed by atoms with van der Waals surface area (Å²) >= 11 is 7.42. The lowest BCUT2D eigenvalue weighted by Crippen LogP contribution is -2.33. The molecule has 7 heteroatoms. The Bertz CT molecular complexity index is 819. The van der Waals surface area contributed by atoms with Crippen molar-refractivity contribution in [3.63, 3.8) is 0 Å². The number of aliphatic hydroxyl groups is 2. The molecule has 1 saturated heterocycles. The van der Waals surface area contributed by atoms with Gasteiger partial charge in [0, 0.05) is 29.2 Å². The maximum atomic E-state index is 14.4. The Labute approximate surface area is 180 Å². The van der Waals surface area contributed by atoms with Crippen LogP contribution in [-0.4, -0.2) is 35.3 Å². The van der Waals surface area contributed by atoms with Crippen LogP contribution in [0.25, 0.3) is 0 Å². The molecule has 3 atom stereocenters. The normalized spacial score (nSPS) is 21.4. The molecule has 3 rings (SSSR count). The maximum absolute atomic E-state index is 14.4. The molecule has 0 radical (unpaired) electrons. The molecule has 29 heavy (non-hydrogen) atoms. The molecule has 0 saturated carbocycles. The monoisotopic (exact) mass is 444 g/mol. The second kappa shape index (κ2) is 11.3. The molecule has 0 amide bonds. The average Bonchev–Trinajstić information content (AvgIpc) is 2.74.